The SMILES string of the molecule is CN=C(NCCc1cn2ccccc2n1)NCc1ncnn1C.I. The highest BCUT2D eigenvalue weighted by atomic mass is 127. The number of guanidine groups is 1. The predicted molar refractivity (Wildman–Crippen MR) is 104 cm³/mol. The van der Waals surface area contributed by atoms with Crippen LogP contribution in [-0.2, 0) is 20.0 Å². The summed E-state index contributed by atoms with van der Waals surface area (Å²) in [6.07, 6.45) is 6.41. The van der Waals surface area contributed by atoms with E-state index in [0.29, 0.717) is 6.54 Å². The van der Waals surface area contributed by atoms with Crippen LogP contribution in [0, 0.1) is 0 Å². The van der Waals surface area contributed by atoms with Gasteiger partial charge in [0, 0.05) is 39.5 Å². The molecule has 3 aromatic heterocycles. The molecule has 0 unspecified atom stereocenters. The Balaban J connectivity index is 0.00000208. The maximum atomic E-state index is 4.57. The smallest absolute Gasteiger partial charge is 0.191 e. The lowest BCUT2D eigenvalue weighted by Crippen LogP contribution is -2.38. The molecule has 8 nitrogen and oxygen atoms in total. The van der Waals surface area contributed by atoms with Gasteiger partial charge in [0.25, 0.3) is 0 Å². The summed E-state index contributed by atoms with van der Waals surface area (Å²) in [5, 5.41) is 10.5. The Morgan fingerprint density at radius 2 is 2.17 bits per heavy atom. The van der Waals surface area contributed by atoms with Crippen molar-refractivity contribution in [1.29, 1.82) is 0 Å². The molecule has 0 fully saturated rings. The molecule has 0 radical (unpaired) electrons. The maximum absolute atomic E-state index is 4.57. The Bertz CT molecular complexity index is 774. The van der Waals surface area contributed by atoms with Gasteiger partial charge in [0.05, 0.1) is 12.2 Å². The average molecular weight is 440 g/mol. The zero-order valence-electron chi connectivity index (χ0n) is 13.7. The maximum Gasteiger partial charge on any atom is 0.191 e. The van der Waals surface area contributed by atoms with Crippen molar-refractivity contribution < 1.29 is 0 Å². The van der Waals surface area contributed by atoms with E-state index in [1.807, 2.05) is 42.0 Å². The van der Waals surface area contributed by atoms with Crippen LogP contribution in [0.15, 0.2) is 41.9 Å². The van der Waals surface area contributed by atoms with Gasteiger partial charge in [-0.3, -0.25) is 9.67 Å². The second kappa shape index (κ2) is 8.62. The number of fused-ring (bicyclic) bond motifs is 1. The molecule has 0 saturated carbocycles. The van der Waals surface area contributed by atoms with Gasteiger partial charge in [-0.25, -0.2) is 9.97 Å². The van der Waals surface area contributed by atoms with Gasteiger partial charge in [-0.2, -0.15) is 5.10 Å². The van der Waals surface area contributed by atoms with Gasteiger partial charge in [-0.05, 0) is 12.1 Å². The first-order chi connectivity index (χ1) is 11.3. The summed E-state index contributed by atoms with van der Waals surface area (Å²) >= 11 is 0. The Hall–Kier alpha value is -2.17. The van der Waals surface area contributed by atoms with Gasteiger partial charge in [0.1, 0.15) is 17.8 Å². The van der Waals surface area contributed by atoms with Gasteiger partial charge in [-0.1, -0.05) is 6.07 Å². The van der Waals surface area contributed by atoms with Crippen LogP contribution in [0.25, 0.3) is 5.65 Å². The number of aromatic nitrogens is 5. The Morgan fingerprint density at radius 3 is 2.88 bits per heavy atom. The molecule has 24 heavy (non-hydrogen) atoms. The molecule has 0 saturated heterocycles. The standard InChI is InChI=1S/C15H20N8.HI/c1-16-15(18-9-14-19-11-20-22(14)2)17-7-6-12-10-23-8-4-3-5-13(23)21-12;/h3-5,8,10-11H,6-7,9H2,1-2H3,(H2,16,17,18);1H. The summed E-state index contributed by atoms with van der Waals surface area (Å²) in [5.41, 5.74) is 2.01. The molecule has 3 heterocycles. The van der Waals surface area contributed by atoms with Crippen LogP contribution in [-0.4, -0.2) is 43.7 Å². The summed E-state index contributed by atoms with van der Waals surface area (Å²) in [6, 6.07) is 5.98. The van der Waals surface area contributed by atoms with Crippen molar-refractivity contribution in [3.8, 4) is 0 Å². The number of halogens is 1. The number of pyridine rings is 1. The molecule has 0 aliphatic carbocycles. The molecule has 9 heteroatoms. The van der Waals surface area contributed by atoms with Crippen LogP contribution in [0.3, 0.4) is 0 Å². The van der Waals surface area contributed by atoms with E-state index in [4.69, 9.17) is 0 Å². The van der Waals surface area contributed by atoms with E-state index in [0.717, 1.165) is 36.1 Å². The molecule has 0 aromatic carbocycles. The second-order valence-electron chi connectivity index (χ2n) is 5.10. The van der Waals surface area contributed by atoms with Gasteiger partial charge in [0.2, 0.25) is 0 Å². The van der Waals surface area contributed by atoms with E-state index >= 15 is 0 Å². The molecule has 0 atom stereocenters. The minimum Gasteiger partial charge on any atom is -0.356 e. The van der Waals surface area contributed by atoms with Crippen LogP contribution in [0.1, 0.15) is 11.5 Å². The number of rotatable bonds is 5. The molecular formula is C15H21IN8. The number of aryl methyl sites for hydroxylation is 1. The third kappa shape index (κ3) is 4.43. The molecule has 0 aliphatic rings. The molecular weight excluding hydrogens is 419 g/mol. The fourth-order valence-corrected chi connectivity index (χ4v) is 2.28. The Morgan fingerprint density at radius 1 is 1.29 bits per heavy atom. The number of nitrogens with zero attached hydrogens (tertiary/aromatic N) is 6. The highest BCUT2D eigenvalue weighted by molar-refractivity contribution is 14.0. The van der Waals surface area contributed by atoms with Crippen molar-refractivity contribution in [2.75, 3.05) is 13.6 Å². The first-order valence-electron chi connectivity index (χ1n) is 7.46. The molecule has 3 aromatic rings. The third-order valence-corrected chi connectivity index (χ3v) is 3.53. The number of nitrogens with one attached hydrogen (secondary N) is 2. The summed E-state index contributed by atoms with van der Waals surface area (Å²) in [6.45, 7) is 1.33. The minimum absolute atomic E-state index is 0. The van der Waals surface area contributed by atoms with Crippen LogP contribution in [0.2, 0.25) is 0 Å². The van der Waals surface area contributed by atoms with Crippen molar-refractivity contribution in [3.63, 3.8) is 0 Å². The largest absolute Gasteiger partial charge is 0.356 e. The Labute approximate surface area is 157 Å². The molecule has 0 bridgehead atoms. The lowest BCUT2D eigenvalue weighted by atomic mass is 10.3. The average Bonchev–Trinajstić information content (AvgIpc) is 3.16. The lowest BCUT2D eigenvalue weighted by molar-refractivity contribution is 0.672. The van der Waals surface area contributed by atoms with Crippen molar-refractivity contribution in [3.05, 3.63) is 48.4 Å². The topological polar surface area (TPSA) is 84.4 Å². The monoisotopic (exact) mass is 440 g/mol. The third-order valence-electron chi connectivity index (χ3n) is 3.53. The minimum atomic E-state index is 0. The van der Waals surface area contributed by atoms with Crippen molar-refractivity contribution in [2.45, 2.75) is 13.0 Å². The predicted octanol–water partition coefficient (Wildman–Crippen LogP) is 0.988. The van der Waals surface area contributed by atoms with E-state index in [9.17, 15) is 0 Å². The molecule has 0 amide bonds. The lowest BCUT2D eigenvalue weighted by Gasteiger charge is -2.10. The van der Waals surface area contributed by atoms with Gasteiger partial charge >= 0.3 is 0 Å². The molecule has 0 aliphatic heterocycles. The van der Waals surface area contributed by atoms with E-state index in [-0.39, 0.29) is 24.0 Å². The number of hydrogen-bond acceptors (Lipinski definition) is 4. The van der Waals surface area contributed by atoms with Gasteiger partial charge in [-0.15, -0.1) is 24.0 Å². The van der Waals surface area contributed by atoms with E-state index < -0.39 is 0 Å². The highest BCUT2D eigenvalue weighted by Crippen LogP contribution is 2.04. The second-order valence-corrected chi connectivity index (χ2v) is 5.10. The number of imidazole rings is 1. The van der Waals surface area contributed by atoms with Crippen molar-refractivity contribution in [1.82, 2.24) is 34.8 Å². The number of hydrogen-bond donors (Lipinski definition) is 2. The fraction of sp³-hybridized carbons (Fsp3) is 0.333. The first-order valence-corrected chi connectivity index (χ1v) is 7.46. The van der Waals surface area contributed by atoms with Gasteiger partial charge < -0.3 is 15.0 Å². The zero-order valence-corrected chi connectivity index (χ0v) is 16.0. The van der Waals surface area contributed by atoms with Crippen LogP contribution >= 0.6 is 24.0 Å². The van der Waals surface area contributed by atoms with Crippen LogP contribution in [0.5, 0.6) is 0 Å². The van der Waals surface area contributed by atoms with Crippen molar-refractivity contribution in [2.24, 2.45) is 12.0 Å². The number of aliphatic imine (C=N–C) groups is 1. The molecule has 2 N–H and O–H groups in total. The van der Waals surface area contributed by atoms with Crippen LogP contribution < -0.4 is 10.6 Å². The van der Waals surface area contributed by atoms with E-state index in [2.05, 4.69) is 30.7 Å². The fourth-order valence-electron chi connectivity index (χ4n) is 2.28. The summed E-state index contributed by atoms with van der Waals surface area (Å²) < 4.78 is 3.76. The molecule has 128 valence electrons. The normalized spacial score (nSPS) is 11.3. The summed E-state index contributed by atoms with van der Waals surface area (Å²) in [4.78, 5) is 12.9. The molecule has 0 spiro atoms. The van der Waals surface area contributed by atoms with Crippen molar-refractivity contribution >= 4 is 35.6 Å². The zero-order chi connectivity index (χ0) is 16.1. The summed E-state index contributed by atoms with van der Waals surface area (Å²) in [7, 11) is 3.61. The summed E-state index contributed by atoms with van der Waals surface area (Å²) in [5.74, 6) is 1.59. The molecule has 3 rings (SSSR count). The first kappa shape index (κ1) is 18.2. The van der Waals surface area contributed by atoms with E-state index in [1.165, 1.54) is 6.33 Å². The highest BCUT2D eigenvalue weighted by Gasteiger charge is 2.04. The Kier molecular flexibility index (Phi) is 6.53. The van der Waals surface area contributed by atoms with Gasteiger partial charge in [0.15, 0.2) is 5.96 Å². The van der Waals surface area contributed by atoms with Crippen LogP contribution in [0.4, 0.5) is 0 Å². The van der Waals surface area contributed by atoms with E-state index in [1.54, 1.807) is 11.7 Å². The quantitative estimate of drug-likeness (QED) is 0.351.